The molecule has 2 aromatic carbocycles. The molecule has 2 aromatic heterocycles. The van der Waals surface area contributed by atoms with Crippen LogP contribution in [0.15, 0.2) is 36.7 Å². The minimum atomic E-state index is -0.527. The van der Waals surface area contributed by atoms with E-state index in [4.69, 9.17) is 4.74 Å². The molecule has 0 bridgehead atoms. The van der Waals surface area contributed by atoms with Crippen LogP contribution >= 0.6 is 0 Å². The summed E-state index contributed by atoms with van der Waals surface area (Å²) in [6, 6.07) is 7.10. The summed E-state index contributed by atoms with van der Waals surface area (Å²) in [5, 5.41) is 11.7. The van der Waals surface area contributed by atoms with Crippen molar-refractivity contribution in [2.24, 2.45) is 7.05 Å². The van der Waals surface area contributed by atoms with Crippen molar-refractivity contribution < 1.29 is 18.7 Å². The zero-order valence-corrected chi connectivity index (χ0v) is 23.4. The van der Waals surface area contributed by atoms with Crippen molar-refractivity contribution in [1.82, 2.24) is 30.0 Å². The minimum Gasteiger partial charge on any atom is -0.453 e. The molecular formula is C29H33FN8O3. The molecule has 0 aliphatic carbocycles. The lowest BCUT2D eigenvalue weighted by Crippen LogP contribution is -2.54. The summed E-state index contributed by atoms with van der Waals surface area (Å²) in [4.78, 5) is 39.1. The Labute approximate surface area is 236 Å². The number of halogens is 1. The monoisotopic (exact) mass is 560 g/mol. The van der Waals surface area contributed by atoms with Gasteiger partial charge in [0, 0.05) is 79.9 Å². The third kappa shape index (κ3) is 5.51. The second-order valence-electron chi connectivity index (χ2n) is 11.0. The van der Waals surface area contributed by atoms with E-state index in [2.05, 4.69) is 44.4 Å². The summed E-state index contributed by atoms with van der Waals surface area (Å²) in [6.07, 6.45) is 5.30. The summed E-state index contributed by atoms with van der Waals surface area (Å²) in [7, 11) is 1.71. The fraction of sp³-hybridized carbons (Fsp3) is 0.414. The molecule has 2 saturated heterocycles. The van der Waals surface area contributed by atoms with Gasteiger partial charge in [-0.2, -0.15) is 10.1 Å². The lowest BCUT2D eigenvalue weighted by Gasteiger charge is -2.38. The highest BCUT2D eigenvalue weighted by molar-refractivity contribution is 6.14. The first-order valence-electron chi connectivity index (χ1n) is 13.9. The standard InChI is InChI=1S/C29H33FN8O3/c1-17-13-38(14-18(2)32-17)24-7-6-21(28(40)33-20-10-19-15-36(3)35-26(19)23(30)11-20)27-22(24)12-31-29(34-27)41-16-25(39)37-8-4-5-9-37/h6-7,10-12,15,17-18,32H,4-5,8-9,13-14,16H2,1-3H3,(H,33,40)/t17-,18+. The summed E-state index contributed by atoms with van der Waals surface area (Å²) in [5.74, 6) is -1.10. The van der Waals surface area contributed by atoms with E-state index in [0.29, 0.717) is 22.0 Å². The third-order valence-corrected chi connectivity index (χ3v) is 7.57. The number of nitrogens with zero attached hydrogens (tertiary/aromatic N) is 6. The number of piperazine rings is 1. The number of benzene rings is 2. The van der Waals surface area contributed by atoms with Crippen LogP contribution in [0.1, 0.15) is 37.0 Å². The molecule has 11 nitrogen and oxygen atoms in total. The molecule has 2 amide bonds. The Morgan fingerprint density at radius 3 is 2.63 bits per heavy atom. The van der Waals surface area contributed by atoms with E-state index in [9.17, 15) is 14.0 Å². The largest absolute Gasteiger partial charge is 0.453 e. The first-order chi connectivity index (χ1) is 19.7. The maximum absolute atomic E-state index is 14.7. The molecule has 41 heavy (non-hydrogen) atoms. The van der Waals surface area contributed by atoms with Gasteiger partial charge in [-0.3, -0.25) is 14.3 Å². The first-order valence-corrected chi connectivity index (χ1v) is 13.9. The molecule has 6 rings (SSSR count). The lowest BCUT2D eigenvalue weighted by molar-refractivity contribution is -0.132. The number of aromatic nitrogens is 4. The van der Waals surface area contributed by atoms with E-state index < -0.39 is 11.7 Å². The van der Waals surface area contributed by atoms with Gasteiger partial charge in [0.15, 0.2) is 12.4 Å². The molecule has 2 atom stereocenters. The normalized spacial score (nSPS) is 19.2. The number of fused-ring (bicyclic) bond motifs is 2. The predicted molar refractivity (Wildman–Crippen MR) is 154 cm³/mol. The summed E-state index contributed by atoms with van der Waals surface area (Å²) >= 11 is 0. The molecule has 214 valence electrons. The molecule has 2 aliphatic rings. The highest BCUT2D eigenvalue weighted by atomic mass is 19.1. The van der Waals surface area contributed by atoms with E-state index in [1.807, 2.05) is 6.07 Å². The van der Waals surface area contributed by atoms with Crippen LogP contribution < -0.4 is 20.3 Å². The van der Waals surface area contributed by atoms with Crippen LogP contribution in [0.2, 0.25) is 0 Å². The zero-order chi connectivity index (χ0) is 28.7. The molecule has 0 radical (unpaired) electrons. The Hall–Kier alpha value is -4.32. The topological polar surface area (TPSA) is 118 Å². The number of ether oxygens (including phenoxy) is 1. The van der Waals surface area contributed by atoms with Gasteiger partial charge in [0.1, 0.15) is 5.52 Å². The number of likely N-dealkylation sites (tertiary alicyclic amines) is 1. The second kappa shape index (κ2) is 10.9. The molecule has 2 aliphatic heterocycles. The van der Waals surface area contributed by atoms with Crippen molar-refractivity contribution in [3.8, 4) is 6.01 Å². The van der Waals surface area contributed by atoms with Gasteiger partial charge in [-0.05, 0) is 51.0 Å². The predicted octanol–water partition coefficient (Wildman–Crippen LogP) is 3.10. The maximum atomic E-state index is 14.7. The summed E-state index contributed by atoms with van der Waals surface area (Å²) in [5.41, 5.74) is 2.11. The quantitative estimate of drug-likeness (QED) is 0.370. The number of anilines is 2. The van der Waals surface area contributed by atoms with Gasteiger partial charge in [-0.25, -0.2) is 9.37 Å². The molecular weight excluding hydrogens is 527 g/mol. The van der Waals surface area contributed by atoms with E-state index in [1.54, 1.807) is 36.5 Å². The summed E-state index contributed by atoms with van der Waals surface area (Å²) < 4.78 is 21.9. The highest BCUT2D eigenvalue weighted by Gasteiger charge is 2.25. The van der Waals surface area contributed by atoms with Gasteiger partial charge in [-0.1, -0.05) is 0 Å². The van der Waals surface area contributed by atoms with Crippen molar-refractivity contribution in [2.75, 3.05) is 43.0 Å². The molecule has 12 heteroatoms. The van der Waals surface area contributed by atoms with Gasteiger partial charge in [0.05, 0.1) is 11.1 Å². The molecule has 0 saturated carbocycles. The smallest absolute Gasteiger partial charge is 0.317 e. The highest BCUT2D eigenvalue weighted by Crippen LogP contribution is 2.31. The van der Waals surface area contributed by atoms with Gasteiger partial charge in [0.2, 0.25) is 0 Å². The van der Waals surface area contributed by atoms with Gasteiger partial charge < -0.3 is 25.2 Å². The first kappa shape index (κ1) is 26.9. The SMILES string of the molecule is C[C@@H]1CN(c2ccc(C(=O)Nc3cc(F)c4nn(C)cc4c3)c3nc(OCC(=O)N4CCCC4)ncc23)C[C@H](C)N1. The number of aryl methyl sites for hydroxylation is 1. The number of hydrogen-bond donors (Lipinski definition) is 2. The van der Waals surface area contributed by atoms with Gasteiger partial charge in [0.25, 0.3) is 11.8 Å². The Balaban J connectivity index is 1.34. The van der Waals surface area contributed by atoms with Crippen molar-refractivity contribution in [3.63, 3.8) is 0 Å². The lowest BCUT2D eigenvalue weighted by atomic mass is 10.0. The molecule has 2 N–H and O–H groups in total. The summed E-state index contributed by atoms with van der Waals surface area (Å²) in [6.45, 7) is 7.08. The van der Waals surface area contributed by atoms with Crippen LogP contribution in [0.5, 0.6) is 6.01 Å². The number of carbonyl (C=O) groups excluding carboxylic acids is 2. The van der Waals surface area contributed by atoms with E-state index in [1.165, 1.54) is 10.7 Å². The number of carbonyl (C=O) groups is 2. The van der Waals surface area contributed by atoms with Gasteiger partial charge >= 0.3 is 6.01 Å². The van der Waals surface area contributed by atoms with E-state index in [0.717, 1.165) is 44.7 Å². The Morgan fingerprint density at radius 1 is 1.12 bits per heavy atom. The fourth-order valence-corrected chi connectivity index (χ4v) is 5.81. The van der Waals surface area contributed by atoms with Crippen molar-refractivity contribution >= 4 is 45.0 Å². The van der Waals surface area contributed by atoms with E-state index in [-0.39, 0.29) is 41.7 Å². The molecule has 0 unspecified atom stereocenters. The van der Waals surface area contributed by atoms with Crippen molar-refractivity contribution in [3.05, 3.63) is 48.0 Å². The van der Waals surface area contributed by atoms with Crippen LogP contribution in [0.4, 0.5) is 15.8 Å². The third-order valence-electron chi connectivity index (χ3n) is 7.57. The van der Waals surface area contributed by atoms with E-state index >= 15 is 0 Å². The fourth-order valence-electron chi connectivity index (χ4n) is 5.81. The van der Waals surface area contributed by atoms with Crippen LogP contribution in [0.25, 0.3) is 21.8 Å². The van der Waals surface area contributed by atoms with Gasteiger partial charge in [-0.15, -0.1) is 0 Å². The van der Waals surface area contributed by atoms with Crippen molar-refractivity contribution in [1.29, 1.82) is 0 Å². The molecule has 0 spiro atoms. The zero-order valence-electron chi connectivity index (χ0n) is 23.4. The van der Waals surface area contributed by atoms with Crippen LogP contribution in [0, 0.1) is 5.82 Å². The minimum absolute atomic E-state index is 0.0149. The molecule has 2 fully saturated rings. The second-order valence-corrected chi connectivity index (χ2v) is 11.0. The van der Waals surface area contributed by atoms with Crippen LogP contribution in [0.3, 0.4) is 0 Å². The number of amides is 2. The molecule has 4 aromatic rings. The van der Waals surface area contributed by atoms with Crippen LogP contribution in [-0.4, -0.2) is 81.3 Å². The average molecular weight is 561 g/mol. The number of rotatable bonds is 6. The maximum Gasteiger partial charge on any atom is 0.317 e. The molecule has 4 heterocycles. The number of hydrogen-bond acceptors (Lipinski definition) is 8. The number of nitrogens with one attached hydrogen (secondary N) is 2. The Morgan fingerprint density at radius 2 is 1.88 bits per heavy atom. The van der Waals surface area contributed by atoms with Crippen LogP contribution in [-0.2, 0) is 11.8 Å². The van der Waals surface area contributed by atoms with Crippen molar-refractivity contribution in [2.45, 2.75) is 38.8 Å². The Kier molecular flexibility index (Phi) is 7.16. The Bertz CT molecular complexity index is 1620. The average Bonchev–Trinajstić information content (AvgIpc) is 3.60.